The fourth-order valence-electron chi connectivity index (χ4n) is 1.48. The monoisotopic (exact) mass is 300 g/mol. The molecule has 0 spiro atoms. The van der Waals surface area contributed by atoms with E-state index in [0.29, 0.717) is 24.0 Å². The highest BCUT2D eigenvalue weighted by molar-refractivity contribution is 7.91. The number of sulfone groups is 1. The van der Waals surface area contributed by atoms with Gasteiger partial charge in [0.15, 0.2) is 9.84 Å². The Balaban J connectivity index is 2.85. The number of hydrogen-bond donors (Lipinski definition) is 2. The Morgan fingerprint density at radius 1 is 1.20 bits per heavy atom. The van der Waals surface area contributed by atoms with Crippen molar-refractivity contribution in [2.24, 2.45) is 0 Å². The maximum absolute atomic E-state index is 11.5. The van der Waals surface area contributed by atoms with Crippen molar-refractivity contribution in [2.45, 2.75) is 33.1 Å². The van der Waals surface area contributed by atoms with E-state index < -0.39 is 9.84 Å². The number of aromatic nitrogens is 2. The molecule has 0 atom stereocenters. The van der Waals surface area contributed by atoms with Crippen LogP contribution in [-0.4, -0.2) is 43.5 Å². The van der Waals surface area contributed by atoms with Gasteiger partial charge in [-0.2, -0.15) is 0 Å². The second-order valence-corrected chi connectivity index (χ2v) is 8.10. The topological polar surface area (TPSA) is 84.0 Å². The Hall–Kier alpha value is -1.37. The zero-order valence-corrected chi connectivity index (χ0v) is 13.6. The van der Waals surface area contributed by atoms with Gasteiger partial charge in [-0.3, -0.25) is 0 Å². The Labute approximate surface area is 121 Å². The SMILES string of the molecule is CCS(=O)(=O)CCNc1cc(NC)nc(C(C)(C)C)n1. The molecule has 0 bridgehead atoms. The highest BCUT2D eigenvalue weighted by atomic mass is 32.2. The van der Waals surface area contributed by atoms with Gasteiger partial charge in [0.25, 0.3) is 0 Å². The fraction of sp³-hybridized carbons (Fsp3) is 0.692. The van der Waals surface area contributed by atoms with Crippen molar-refractivity contribution >= 4 is 21.5 Å². The van der Waals surface area contributed by atoms with Crippen LogP contribution >= 0.6 is 0 Å². The van der Waals surface area contributed by atoms with E-state index in [1.165, 1.54) is 0 Å². The molecule has 1 rings (SSSR count). The largest absolute Gasteiger partial charge is 0.373 e. The average Bonchev–Trinajstić information content (AvgIpc) is 2.37. The van der Waals surface area contributed by atoms with E-state index in [1.54, 1.807) is 20.0 Å². The molecule has 0 radical (unpaired) electrons. The molecule has 2 N–H and O–H groups in total. The van der Waals surface area contributed by atoms with Crippen molar-refractivity contribution in [3.05, 3.63) is 11.9 Å². The van der Waals surface area contributed by atoms with Crippen LogP contribution in [0.2, 0.25) is 0 Å². The second-order valence-electron chi connectivity index (χ2n) is 5.63. The quantitative estimate of drug-likeness (QED) is 0.831. The normalized spacial score (nSPS) is 12.2. The third-order valence-electron chi connectivity index (χ3n) is 2.81. The van der Waals surface area contributed by atoms with Crippen LogP contribution < -0.4 is 10.6 Å². The molecule has 0 aliphatic carbocycles. The summed E-state index contributed by atoms with van der Waals surface area (Å²) in [5, 5.41) is 6.04. The molecule has 0 aliphatic rings. The minimum atomic E-state index is -2.97. The third-order valence-corrected chi connectivity index (χ3v) is 4.52. The van der Waals surface area contributed by atoms with Crippen LogP contribution in [0.3, 0.4) is 0 Å². The summed E-state index contributed by atoms with van der Waals surface area (Å²) in [5.74, 6) is 2.33. The highest BCUT2D eigenvalue weighted by Gasteiger charge is 2.19. The summed E-state index contributed by atoms with van der Waals surface area (Å²) in [6.07, 6.45) is 0. The van der Waals surface area contributed by atoms with Crippen molar-refractivity contribution in [1.82, 2.24) is 9.97 Å². The molecule has 1 aromatic heterocycles. The van der Waals surface area contributed by atoms with Gasteiger partial charge in [0.05, 0.1) is 5.75 Å². The van der Waals surface area contributed by atoms with Crippen LogP contribution in [-0.2, 0) is 15.3 Å². The minimum absolute atomic E-state index is 0.104. The third kappa shape index (κ3) is 4.96. The average molecular weight is 300 g/mol. The molecule has 6 nitrogen and oxygen atoms in total. The summed E-state index contributed by atoms with van der Waals surface area (Å²) < 4.78 is 22.9. The van der Waals surface area contributed by atoms with Gasteiger partial charge in [0.2, 0.25) is 0 Å². The Kier molecular flexibility index (Phi) is 5.33. The van der Waals surface area contributed by atoms with E-state index in [-0.39, 0.29) is 16.9 Å². The molecular weight excluding hydrogens is 276 g/mol. The number of nitrogens with one attached hydrogen (secondary N) is 2. The van der Waals surface area contributed by atoms with Gasteiger partial charge >= 0.3 is 0 Å². The Bertz CT molecular complexity index is 550. The molecule has 7 heteroatoms. The molecule has 0 aliphatic heterocycles. The standard InChI is InChI=1S/C13H24N4O2S/c1-6-20(18,19)8-7-15-11-9-10(14-5)16-12(17-11)13(2,3)4/h9H,6-8H2,1-5H3,(H2,14,15,16,17). The van der Waals surface area contributed by atoms with E-state index in [9.17, 15) is 8.42 Å². The van der Waals surface area contributed by atoms with Gasteiger partial charge < -0.3 is 10.6 Å². The van der Waals surface area contributed by atoms with Gasteiger partial charge in [-0.05, 0) is 0 Å². The van der Waals surface area contributed by atoms with Gasteiger partial charge in [0, 0.05) is 30.8 Å². The van der Waals surface area contributed by atoms with E-state index in [2.05, 4.69) is 20.6 Å². The van der Waals surface area contributed by atoms with Crippen LogP contribution in [0.25, 0.3) is 0 Å². The highest BCUT2D eigenvalue weighted by Crippen LogP contribution is 2.21. The summed E-state index contributed by atoms with van der Waals surface area (Å²) in [6, 6.07) is 1.77. The smallest absolute Gasteiger partial charge is 0.151 e. The molecular formula is C13H24N4O2S. The van der Waals surface area contributed by atoms with Gasteiger partial charge in [-0.15, -0.1) is 0 Å². The van der Waals surface area contributed by atoms with E-state index in [0.717, 1.165) is 0 Å². The van der Waals surface area contributed by atoms with Gasteiger partial charge in [0.1, 0.15) is 17.5 Å². The first-order chi connectivity index (χ1) is 9.18. The first-order valence-electron chi connectivity index (χ1n) is 6.69. The lowest BCUT2D eigenvalue weighted by atomic mass is 9.96. The van der Waals surface area contributed by atoms with Crippen molar-refractivity contribution < 1.29 is 8.42 Å². The van der Waals surface area contributed by atoms with Crippen LogP contribution in [0.1, 0.15) is 33.5 Å². The van der Waals surface area contributed by atoms with E-state index in [4.69, 9.17) is 0 Å². The first-order valence-corrected chi connectivity index (χ1v) is 8.51. The van der Waals surface area contributed by atoms with E-state index >= 15 is 0 Å². The van der Waals surface area contributed by atoms with Crippen molar-refractivity contribution in [3.63, 3.8) is 0 Å². The molecule has 0 saturated carbocycles. The van der Waals surface area contributed by atoms with Crippen molar-refractivity contribution in [3.8, 4) is 0 Å². The first kappa shape index (κ1) is 16.7. The lowest BCUT2D eigenvalue weighted by Crippen LogP contribution is -2.20. The summed E-state index contributed by atoms with van der Waals surface area (Å²) in [7, 11) is -1.17. The number of anilines is 2. The number of nitrogens with zero attached hydrogens (tertiary/aromatic N) is 2. The zero-order valence-electron chi connectivity index (χ0n) is 12.8. The second kappa shape index (κ2) is 6.39. The van der Waals surface area contributed by atoms with Crippen LogP contribution in [0.15, 0.2) is 6.07 Å². The maximum atomic E-state index is 11.5. The summed E-state index contributed by atoms with van der Waals surface area (Å²) >= 11 is 0. The summed E-state index contributed by atoms with van der Waals surface area (Å²) in [6.45, 7) is 8.10. The van der Waals surface area contributed by atoms with E-state index in [1.807, 2.05) is 20.8 Å². The Morgan fingerprint density at radius 2 is 1.80 bits per heavy atom. The fourth-order valence-corrected chi connectivity index (χ4v) is 2.18. The zero-order chi connectivity index (χ0) is 15.4. The number of hydrogen-bond acceptors (Lipinski definition) is 6. The summed E-state index contributed by atoms with van der Waals surface area (Å²) in [5.41, 5.74) is -0.168. The summed E-state index contributed by atoms with van der Waals surface area (Å²) in [4.78, 5) is 8.86. The van der Waals surface area contributed by atoms with Gasteiger partial charge in [-0.25, -0.2) is 18.4 Å². The predicted molar refractivity (Wildman–Crippen MR) is 83.1 cm³/mol. The minimum Gasteiger partial charge on any atom is -0.373 e. The van der Waals surface area contributed by atoms with Crippen molar-refractivity contribution in [2.75, 3.05) is 35.7 Å². The Morgan fingerprint density at radius 3 is 2.30 bits per heavy atom. The maximum Gasteiger partial charge on any atom is 0.151 e. The van der Waals surface area contributed by atoms with Crippen LogP contribution in [0, 0.1) is 0 Å². The molecule has 0 unspecified atom stereocenters. The predicted octanol–water partition coefficient (Wildman–Crippen LogP) is 1.66. The molecule has 0 fully saturated rings. The molecule has 0 saturated heterocycles. The molecule has 0 amide bonds. The molecule has 20 heavy (non-hydrogen) atoms. The lowest BCUT2D eigenvalue weighted by molar-refractivity contribution is 0.546. The molecule has 0 aromatic carbocycles. The van der Waals surface area contributed by atoms with Crippen molar-refractivity contribution in [1.29, 1.82) is 0 Å². The molecule has 1 aromatic rings. The lowest BCUT2D eigenvalue weighted by Gasteiger charge is -2.18. The number of rotatable bonds is 6. The molecule has 114 valence electrons. The van der Waals surface area contributed by atoms with Crippen LogP contribution in [0.5, 0.6) is 0 Å². The molecule has 1 heterocycles. The van der Waals surface area contributed by atoms with Gasteiger partial charge in [-0.1, -0.05) is 27.7 Å². The van der Waals surface area contributed by atoms with Crippen LogP contribution in [0.4, 0.5) is 11.6 Å².